The van der Waals surface area contributed by atoms with Gasteiger partial charge >= 0.3 is 8.61 Å². The molecule has 0 aromatic rings. The van der Waals surface area contributed by atoms with Crippen LogP contribution in [0.15, 0.2) is 0 Å². The molecule has 0 unspecified atom stereocenters. The maximum atomic E-state index is 10.6. The summed E-state index contributed by atoms with van der Waals surface area (Å²) < 4.78 is 34.9. The standard InChI is InChI=1S/CH3BF3O.CH4O/c1-6-2(3,4)5;1-2/h1H3;2H,1H3/q-1;/p+1. The Morgan fingerprint density at radius 2 is 1.50 bits per heavy atom. The molecular formula is C2H8BF3O2. The second-order valence-corrected chi connectivity index (χ2v) is 0.750. The number of hydrogen-bond acceptors (Lipinski definition) is 2. The molecule has 0 atom stereocenters. The van der Waals surface area contributed by atoms with Crippen LogP contribution in [0.1, 0.15) is 1.43 Å². The van der Waals surface area contributed by atoms with E-state index in [4.69, 9.17) is 5.11 Å². The van der Waals surface area contributed by atoms with Crippen molar-refractivity contribution in [1.29, 1.82) is 0 Å². The summed E-state index contributed by atoms with van der Waals surface area (Å²) >= 11 is 0. The molecule has 0 bridgehead atoms. The lowest BCUT2D eigenvalue weighted by atomic mass is 10.3. The number of aliphatic hydroxyl groups excluding tert-OH is 1. The van der Waals surface area contributed by atoms with Crippen molar-refractivity contribution in [3.63, 3.8) is 0 Å². The first-order valence-electron chi connectivity index (χ1n) is 1.75. The molecule has 0 heterocycles. The predicted octanol–water partition coefficient (Wildman–Crippen LogP) is 0.698. The van der Waals surface area contributed by atoms with Crippen LogP contribution in [0.3, 0.4) is 0 Å². The molecule has 0 aliphatic rings. The van der Waals surface area contributed by atoms with Crippen LogP contribution < -0.4 is 0 Å². The van der Waals surface area contributed by atoms with E-state index in [-0.39, 0.29) is 1.43 Å². The first-order valence-corrected chi connectivity index (χ1v) is 1.75. The lowest BCUT2D eigenvalue weighted by Crippen LogP contribution is -2.17. The molecule has 0 spiro atoms. The molecular weight excluding hydrogens is 124 g/mol. The molecule has 0 aromatic carbocycles. The van der Waals surface area contributed by atoms with Gasteiger partial charge in [0, 0.05) is 7.11 Å². The molecule has 6 heteroatoms. The lowest BCUT2D eigenvalue weighted by molar-refractivity contribution is 0.225. The normalized spacial score (nSPS) is 9.75. The van der Waals surface area contributed by atoms with E-state index in [2.05, 4.69) is 4.65 Å². The van der Waals surface area contributed by atoms with Crippen LogP contribution in [0.4, 0.5) is 12.9 Å². The van der Waals surface area contributed by atoms with Crippen molar-refractivity contribution in [3.05, 3.63) is 0 Å². The summed E-state index contributed by atoms with van der Waals surface area (Å²) in [5.41, 5.74) is 0. The summed E-state index contributed by atoms with van der Waals surface area (Å²) in [5, 5.41) is 7.00. The minimum Gasteiger partial charge on any atom is -0.510 e. The van der Waals surface area contributed by atoms with Gasteiger partial charge in [-0.05, 0) is 7.11 Å². The van der Waals surface area contributed by atoms with E-state index < -0.39 is 7.18 Å². The Morgan fingerprint density at radius 3 is 1.50 bits per heavy atom. The molecule has 0 amide bonds. The molecule has 8 heavy (non-hydrogen) atoms. The van der Waals surface area contributed by atoms with Crippen molar-refractivity contribution >= 4 is 7.18 Å². The molecule has 0 fully saturated rings. The molecule has 0 rings (SSSR count). The van der Waals surface area contributed by atoms with Crippen molar-refractivity contribution in [2.75, 3.05) is 14.2 Å². The Balaban J connectivity index is -0.000000109. The largest absolute Gasteiger partial charge is 1.00 e. The third-order valence-corrected chi connectivity index (χ3v) is 0.267. The fourth-order valence-electron chi connectivity index (χ4n) is 0. The summed E-state index contributed by atoms with van der Waals surface area (Å²) in [5.74, 6) is 0. The minimum absolute atomic E-state index is 0. The highest BCUT2D eigenvalue weighted by atomic mass is 19.4. The van der Waals surface area contributed by atoms with Crippen LogP contribution in [0, 0.1) is 0 Å². The highest BCUT2D eigenvalue weighted by Gasteiger charge is 2.22. The summed E-state index contributed by atoms with van der Waals surface area (Å²) in [6.45, 7) is 0. The van der Waals surface area contributed by atoms with Gasteiger partial charge < -0.3 is 22.7 Å². The van der Waals surface area contributed by atoms with E-state index >= 15 is 0 Å². The van der Waals surface area contributed by atoms with E-state index in [9.17, 15) is 12.9 Å². The molecule has 0 aliphatic carbocycles. The zero-order valence-corrected chi connectivity index (χ0v) is 4.57. The van der Waals surface area contributed by atoms with Gasteiger partial charge in [-0.15, -0.1) is 0 Å². The van der Waals surface area contributed by atoms with E-state index in [0.29, 0.717) is 7.11 Å². The predicted molar refractivity (Wildman–Crippen MR) is 25.3 cm³/mol. The summed E-state index contributed by atoms with van der Waals surface area (Å²) in [6.07, 6.45) is 0. The van der Waals surface area contributed by atoms with Crippen molar-refractivity contribution in [1.82, 2.24) is 0 Å². The Hall–Kier alpha value is -0.225. The van der Waals surface area contributed by atoms with Crippen LogP contribution in [0.5, 0.6) is 0 Å². The van der Waals surface area contributed by atoms with Crippen molar-refractivity contribution in [2.45, 2.75) is 0 Å². The highest BCUT2D eigenvalue weighted by molar-refractivity contribution is 6.50. The van der Waals surface area contributed by atoms with Crippen LogP contribution in [0.2, 0.25) is 0 Å². The average Bonchev–Trinajstić information content (AvgIpc) is 1.71. The fraction of sp³-hybridized carbons (Fsp3) is 1.00. The first kappa shape index (κ1) is 10.7. The van der Waals surface area contributed by atoms with Gasteiger partial charge in [0.2, 0.25) is 0 Å². The molecule has 0 radical (unpaired) electrons. The van der Waals surface area contributed by atoms with Crippen LogP contribution >= 0.6 is 0 Å². The maximum absolute atomic E-state index is 10.6. The molecule has 0 aliphatic heterocycles. The molecule has 2 nitrogen and oxygen atoms in total. The van der Waals surface area contributed by atoms with Gasteiger partial charge in [-0.1, -0.05) is 0 Å². The molecule has 0 aromatic heterocycles. The Kier molecular flexibility index (Phi) is 6.58. The number of halogens is 3. The second kappa shape index (κ2) is 4.92. The van der Waals surface area contributed by atoms with Gasteiger partial charge in [-0.3, -0.25) is 0 Å². The average molecular weight is 132 g/mol. The Bertz CT molecular complexity index is 49.6. The van der Waals surface area contributed by atoms with Crippen LogP contribution in [-0.2, 0) is 4.65 Å². The lowest BCUT2D eigenvalue weighted by Gasteiger charge is -2.08. The third kappa shape index (κ3) is 17.1. The van der Waals surface area contributed by atoms with Crippen LogP contribution in [-0.4, -0.2) is 26.5 Å². The summed E-state index contributed by atoms with van der Waals surface area (Å²) in [7, 11) is -3.37. The highest BCUT2D eigenvalue weighted by Crippen LogP contribution is 2.06. The molecule has 52 valence electrons. The SMILES string of the molecule is CO.CO[B-](F)(F)F.[H+]. The third-order valence-electron chi connectivity index (χ3n) is 0.267. The van der Waals surface area contributed by atoms with E-state index in [1.54, 1.807) is 0 Å². The monoisotopic (exact) mass is 132 g/mol. The van der Waals surface area contributed by atoms with Crippen LogP contribution in [0.25, 0.3) is 0 Å². The van der Waals surface area contributed by atoms with Gasteiger partial charge in [-0.25, -0.2) is 0 Å². The summed E-state index contributed by atoms with van der Waals surface area (Å²) in [4.78, 5) is 0. The minimum atomic E-state index is -4.99. The van der Waals surface area contributed by atoms with E-state index in [1.165, 1.54) is 0 Å². The van der Waals surface area contributed by atoms with Gasteiger partial charge in [0.05, 0.1) is 0 Å². The number of hydrogen-bond donors (Lipinski definition) is 1. The van der Waals surface area contributed by atoms with Gasteiger partial charge in [0.1, 0.15) is 0 Å². The topological polar surface area (TPSA) is 29.5 Å². The quantitative estimate of drug-likeness (QED) is 0.532. The molecule has 0 saturated carbocycles. The van der Waals surface area contributed by atoms with Gasteiger partial charge in [0.25, 0.3) is 0 Å². The van der Waals surface area contributed by atoms with Gasteiger partial charge in [-0.2, -0.15) is 0 Å². The smallest absolute Gasteiger partial charge is 0.510 e. The fourth-order valence-corrected chi connectivity index (χ4v) is 0. The molecule has 0 saturated heterocycles. The Morgan fingerprint density at radius 1 is 1.38 bits per heavy atom. The Labute approximate surface area is 46.8 Å². The zero-order valence-electron chi connectivity index (χ0n) is 5.57. The van der Waals surface area contributed by atoms with Crippen molar-refractivity contribution in [2.24, 2.45) is 0 Å². The number of aliphatic hydroxyl groups is 1. The van der Waals surface area contributed by atoms with Gasteiger partial charge in [0.15, 0.2) is 0 Å². The number of rotatable bonds is 1. The van der Waals surface area contributed by atoms with E-state index in [1.807, 2.05) is 0 Å². The summed E-state index contributed by atoms with van der Waals surface area (Å²) in [6, 6.07) is 0. The van der Waals surface area contributed by atoms with Crippen molar-refractivity contribution in [3.8, 4) is 0 Å². The molecule has 1 N–H and O–H groups in total. The maximum Gasteiger partial charge on any atom is 1.00 e. The van der Waals surface area contributed by atoms with Crippen molar-refractivity contribution < 1.29 is 24.1 Å². The zero-order chi connectivity index (χ0) is 7.21. The van der Waals surface area contributed by atoms with E-state index in [0.717, 1.165) is 7.11 Å². The second-order valence-electron chi connectivity index (χ2n) is 0.750. The first-order chi connectivity index (χ1) is 3.56.